The number of thiazole rings is 1. The van der Waals surface area contributed by atoms with E-state index in [1.165, 1.54) is 4.90 Å². The molecule has 2 aliphatic heterocycles. The van der Waals surface area contributed by atoms with Gasteiger partial charge in [0, 0.05) is 16.9 Å². The number of aromatic nitrogens is 2. The minimum atomic E-state index is -1.33. The van der Waals surface area contributed by atoms with Gasteiger partial charge >= 0.3 is 5.16 Å². The van der Waals surface area contributed by atoms with Gasteiger partial charge in [-0.2, -0.15) is 4.40 Å². The molecule has 1 fully saturated rings. The largest absolute Gasteiger partial charge is 0.543 e. The SMILES string of the molecule is CSc1n2ccsc2c[n+]1CC1=C(C(=O)[O-])N2C(=O)[C@H]([C@@H](C)O)[C@H]2[C@H]1C. The molecule has 0 spiro atoms. The number of amides is 1. The van der Waals surface area contributed by atoms with Crippen molar-refractivity contribution in [2.45, 2.75) is 37.7 Å². The van der Waals surface area contributed by atoms with E-state index in [1.54, 1.807) is 30.0 Å². The number of aliphatic carboxylic acids is 1. The van der Waals surface area contributed by atoms with E-state index in [-0.39, 0.29) is 23.6 Å². The first kappa shape index (κ1) is 17.6. The van der Waals surface area contributed by atoms with Crippen LogP contribution in [0.4, 0.5) is 0 Å². The van der Waals surface area contributed by atoms with Crippen molar-refractivity contribution in [1.29, 1.82) is 0 Å². The molecular formula is C17H19N3O4S2. The molecule has 2 aliphatic rings. The zero-order chi connectivity index (χ0) is 18.7. The van der Waals surface area contributed by atoms with Gasteiger partial charge in [0.2, 0.25) is 10.7 Å². The summed E-state index contributed by atoms with van der Waals surface area (Å²) in [6.07, 6.45) is 5.14. The molecule has 26 heavy (non-hydrogen) atoms. The Balaban J connectivity index is 1.76. The van der Waals surface area contributed by atoms with Crippen LogP contribution in [0.2, 0.25) is 0 Å². The van der Waals surface area contributed by atoms with E-state index < -0.39 is 18.0 Å². The van der Waals surface area contributed by atoms with Crippen LogP contribution in [0.25, 0.3) is 4.83 Å². The van der Waals surface area contributed by atoms with Gasteiger partial charge in [-0.25, -0.2) is 4.57 Å². The van der Waals surface area contributed by atoms with Crippen LogP contribution in [0.15, 0.2) is 34.2 Å². The fourth-order valence-electron chi connectivity index (χ4n) is 4.22. The molecule has 0 unspecified atom stereocenters. The van der Waals surface area contributed by atoms with E-state index in [4.69, 9.17) is 0 Å². The molecular weight excluding hydrogens is 374 g/mol. The predicted molar refractivity (Wildman–Crippen MR) is 94.3 cm³/mol. The average Bonchev–Trinajstić information content (AvgIpc) is 3.19. The van der Waals surface area contributed by atoms with E-state index in [9.17, 15) is 19.8 Å². The predicted octanol–water partition coefficient (Wildman–Crippen LogP) is -0.128. The molecule has 4 rings (SSSR count). The number of carbonyl (C=O) groups excluding carboxylic acids is 2. The van der Waals surface area contributed by atoms with E-state index in [0.717, 1.165) is 9.99 Å². The maximum Gasteiger partial charge on any atom is 0.323 e. The van der Waals surface area contributed by atoms with Gasteiger partial charge in [-0.15, -0.1) is 0 Å². The highest BCUT2D eigenvalue weighted by Crippen LogP contribution is 2.47. The van der Waals surface area contributed by atoms with Crippen LogP contribution in [-0.4, -0.2) is 44.7 Å². The van der Waals surface area contributed by atoms with Gasteiger partial charge in [-0.05, 0) is 24.9 Å². The van der Waals surface area contributed by atoms with Crippen LogP contribution in [-0.2, 0) is 16.1 Å². The number of thioether (sulfide) groups is 1. The van der Waals surface area contributed by atoms with E-state index in [1.807, 2.05) is 35.5 Å². The van der Waals surface area contributed by atoms with Crippen molar-refractivity contribution < 1.29 is 24.4 Å². The monoisotopic (exact) mass is 393 g/mol. The molecule has 4 atom stereocenters. The number of carboxylic acid groups (broad SMARTS) is 1. The van der Waals surface area contributed by atoms with Crippen molar-refractivity contribution in [1.82, 2.24) is 9.30 Å². The minimum Gasteiger partial charge on any atom is -0.543 e. The summed E-state index contributed by atoms with van der Waals surface area (Å²) in [6, 6.07) is -0.313. The highest BCUT2D eigenvalue weighted by atomic mass is 32.2. The first-order valence-corrected chi connectivity index (χ1v) is 10.4. The summed E-state index contributed by atoms with van der Waals surface area (Å²) >= 11 is 3.19. The Morgan fingerprint density at radius 1 is 1.54 bits per heavy atom. The molecule has 9 heteroatoms. The highest BCUT2D eigenvalue weighted by molar-refractivity contribution is 7.98. The van der Waals surface area contributed by atoms with Crippen molar-refractivity contribution in [3.05, 3.63) is 29.0 Å². The van der Waals surface area contributed by atoms with Gasteiger partial charge in [0.05, 0.1) is 29.7 Å². The summed E-state index contributed by atoms with van der Waals surface area (Å²) in [4.78, 5) is 26.6. The molecule has 7 nitrogen and oxygen atoms in total. The quantitative estimate of drug-likeness (QED) is 0.434. The van der Waals surface area contributed by atoms with Crippen molar-refractivity contribution in [2.24, 2.45) is 11.8 Å². The maximum absolute atomic E-state index is 12.4. The second-order valence-corrected chi connectivity index (χ2v) is 8.47. The fourth-order valence-corrected chi connectivity index (χ4v) is 5.76. The van der Waals surface area contributed by atoms with E-state index >= 15 is 0 Å². The van der Waals surface area contributed by atoms with Crippen LogP contribution in [0.5, 0.6) is 0 Å². The lowest BCUT2D eigenvalue weighted by atomic mass is 9.78. The number of rotatable bonds is 5. The van der Waals surface area contributed by atoms with Crippen LogP contribution >= 0.6 is 23.1 Å². The summed E-state index contributed by atoms with van der Waals surface area (Å²) in [5.41, 5.74) is 0.642. The second kappa shape index (κ2) is 6.11. The standard InChI is InChI=1S/C17H19N3O4S2/c1-8-10(6-18-7-11-19(4-5-26-11)17(18)25-3)14(16(23)24)20-13(8)12(9(2)21)15(20)22/h4-5,7-9,12-13,21H,6H2,1-3H3/t8-,9+,12+,13+/m0/s1. The van der Waals surface area contributed by atoms with Gasteiger partial charge < -0.3 is 19.9 Å². The van der Waals surface area contributed by atoms with Crippen molar-refractivity contribution in [3.63, 3.8) is 0 Å². The molecule has 1 N–H and O–H groups in total. The molecule has 0 saturated carbocycles. The first-order valence-electron chi connectivity index (χ1n) is 8.34. The summed E-state index contributed by atoms with van der Waals surface area (Å²) in [7, 11) is 0. The number of β-lactam (4-membered cyclic amide) rings is 1. The number of carboxylic acids is 1. The lowest BCUT2D eigenvalue weighted by Crippen LogP contribution is -2.64. The van der Waals surface area contributed by atoms with Gasteiger partial charge in [0.25, 0.3) is 0 Å². The third-order valence-corrected chi connectivity index (χ3v) is 6.98. The van der Waals surface area contributed by atoms with Gasteiger partial charge in [-0.3, -0.25) is 4.79 Å². The minimum absolute atomic E-state index is 0.0292. The molecule has 2 aromatic rings. The van der Waals surface area contributed by atoms with E-state index in [2.05, 4.69) is 4.40 Å². The molecule has 0 aliphatic carbocycles. The zero-order valence-electron chi connectivity index (χ0n) is 14.6. The lowest BCUT2D eigenvalue weighted by Gasteiger charge is -2.47. The Bertz CT molecular complexity index is 945. The number of aliphatic hydroxyl groups is 1. The molecule has 4 heterocycles. The Morgan fingerprint density at radius 3 is 2.88 bits per heavy atom. The Kier molecular flexibility index (Phi) is 4.13. The molecule has 2 aromatic heterocycles. The van der Waals surface area contributed by atoms with Crippen molar-refractivity contribution >= 4 is 39.8 Å². The third kappa shape index (κ3) is 2.27. The van der Waals surface area contributed by atoms with Crippen molar-refractivity contribution in [3.8, 4) is 0 Å². The summed E-state index contributed by atoms with van der Waals surface area (Å²) in [5, 5.41) is 24.7. The van der Waals surface area contributed by atoms with Crippen LogP contribution < -0.4 is 9.67 Å². The normalized spacial score (nSPS) is 26.4. The van der Waals surface area contributed by atoms with Crippen LogP contribution in [0.3, 0.4) is 0 Å². The smallest absolute Gasteiger partial charge is 0.323 e. The fraction of sp³-hybridized carbons (Fsp3) is 0.471. The van der Waals surface area contributed by atoms with Gasteiger partial charge in [0.15, 0.2) is 0 Å². The van der Waals surface area contributed by atoms with Gasteiger partial charge in [-0.1, -0.05) is 18.3 Å². The Morgan fingerprint density at radius 2 is 2.27 bits per heavy atom. The molecule has 0 radical (unpaired) electrons. The summed E-state index contributed by atoms with van der Waals surface area (Å²) < 4.78 is 4.08. The zero-order valence-corrected chi connectivity index (χ0v) is 16.2. The number of hydrogen-bond donors (Lipinski definition) is 1. The number of aliphatic hydroxyl groups excluding tert-OH is 1. The first-order chi connectivity index (χ1) is 12.4. The number of nitrogens with zero attached hydrogens (tertiary/aromatic N) is 3. The Labute approximate surface area is 158 Å². The third-order valence-electron chi connectivity index (χ3n) is 5.39. The lowest BCUT2D eigenvalue weighted by molar-refractivity contribution is -0.725. The molecule has 1 amide bonds. The summed E-state index contributed by atoms with van der Waals surface area (Å²) in [6.45, 7) is 3.87. The highest BCUT2D eigenvalue weighted by Gasteiger charge is 2.58. The van der Waals surface area contributed by atoms with Gasteiger partial charge in [0.1, 0.15) is 18.9 Å². The average molecular weight is 393 g/mol. The number of imidazole rings is 1. The molecule has 0 aromatic carbocycles. The molecule has 0 bridgehead atoms. The molecule has 138 valence electrons. The Hall–Kier alpha value is -1.84. The number of carbonyl (C=O) groups is 2. The van der Waals surface area contributed by atoms with Crippen molar-refractivity contribution in [2.75, 3.05) is 6.26 Å². The topological polar surface area (TPSA) is 89.0 Å². The molecule has 1 saturated heterocycles. The number of hydrogen-bond acceptors (Lipinski definition) is 6. The second-order valence-electron chi connectivity index (χ2n) is 6.77. The van der Waals surface area contributed by atoms with Crippen LogP contribution in [0.1, 0.15) is 13.8 Å². The van der Waals surface area contributed by atoms with E-state index in [0.29, 0.717) is 12.1 Å². The maximum atomic E-state index is 12.4. The summed E-state index contributed by atoms with van der Waals surface area (Å²) in [5.74, 6) is -2.38. The number of fused-ring (bicyclic) bond motifs is 2. The van der Waals surface area contributed by atoms with Crippen LogP contribution in [0, 0.1) is 11.8 Å².